The molecule has 0 radical (unpaired) electrons. The van der Waals surface area contributed by atoms with Crippen molar-refractivity contribution in [3.63, 3.8) is 0 Å². The number of carbonyl (C=O) groups excluding carboxylic acids is 1. The Morgan fingerprint density at radius 2 is 1.00 bits per heavy atom. The van der Waals surface area contributed by atoms with E-state index in [0.29, 0.717) is 6.61 Å². The molecule has 0 spiro atoms. The summed E-state index contributed by atoms with van der Waals surface area (Å²) in [6.45, 7) is 3.37. The number of carbonyl (C=O) groups is 1. The van der Waals surface area contributed by atoms with Crippen LogP contribution in [0.15, 0.2) is 60.8 Å². The van der Waals surface area contributed by atoms with Crippen molar-refractivity contribution in [1.82, 2.24) is 0 Å². The summed E-state index contributed by atoms with van der Waals surface area (Å²) in [5, 5.41) is 18.4. The first kappa shape index (κ1) is 55.2. The highest BCUT2D eigenvalue weighted by Crippen LogP contribution is 2.43. The average Bonchev–Trinajstić information content (AvgIpc) is 3.20. The molecule has 0 aliphatic carbocycles. The van der Waals surface area contributed by atoms with Crippen LogP contribution in [0.25, 0.3) is 0 Å². The Labute approximate surface area is 349 Å². The number of phosphoric acid groups is 1. The van der Waals surface area contributed by atoms with E-state index < -0.39 is 39.2 Å². The first-order valence-corrected chi connectivity index (χ1v) is 24.3. The Morgan fingerprint density at radius 3 is 1.53 bits per heavy atom. The Bertz CT molecular complexity index is 1070. The fourth-order valence-corrected chi connectivity index (χ4v) is 6.78. The molecule has 0 rings (SSSR count). The van der Waals surface area contributed by atoms with Gasteiger partial charge in [-0.1, -0.05) is 164 Å². The summed E-state index contributed by atoms with van der Waals surface area (Å²) in [5.74, 6) is -0.391. The second kappa shape index (κ2) is 43.7. The van der Waals surface area contributed by atoms with Crippen LogP contribution in [-0.4, -0.2) is 66.3 Å². The molecule has 0 aromatic rings. The normalized spacial score (nSPS) is 14.5. The van der Waals surface area contributed by atoms with Crippen molar-refractivity contribution < 1.29 is 43.0 Å². The van der Waals surface area contributed by atoms with Crippen LogP contribution in [-0.2, 0) is 27.9 Å². The Kier molecular flexibility index (Phi) is 42.3. The standard InChI is InChI=1S/C47H85O9P/c1-3-5-7-9-11-13-15-17-18-19-20-21-22-23-24-25-26-27-29-31-33-35-37-39-47(50)56-46(44-55-57(51,52)54-42-45(49)41-48)43-53-40-38-36-34-32-30-28-16-14-12-10-8-6-4-2/h5,7,11-14,17-18,20-21,45-46,48-49H,3-4,6,8-10,15-16,19,22-44H2,1-2H3,(H,51,52)/b7-5-,13-11-,14-12-,18-17-,21-20-. The zero-order valence-corrected chi connectivity index (χ0v) is 37.2. The molecular weight excluding hydrogens is 739 g/mol. The van der Waals surface area contributed by atoms with E-state index in [0.717, 1.165) is 83.5 Å². The van der Waals surface area contributed by atoms with Crippen molar-refractivity contribution in [3.8, 4) is 0 Å². The largest absolute Gasteiger partial charge is 0.472 e. The van der Waals surface area contributed by atoms with Crippen LogP contribution in [0.5, 0.6) is 0 Å². The quantitative estimate of drug-likeness (QED) is 0.0238. The van der Waals surface area contributed by atoms with Crippen molar-refractivity contribution in [1.29, 1.82) is 0 Å². The predicted molar refractivity (Wildman–Crippen MR) is 237 cm³/mol. The van der Waals surface area contributed by atoms with Crippen LogP contribution in [0, 0.1) is 0 Å². The van der Waals surface area contributed by atoms with Crippen LogP contribution >= 0.6 is 7.82 Å². The second-order valence-electron chi connectivity index (χ2n) is 15.0. The molecule has 0 saturated carbocycles. The van der Waals surface area contributed by atoms with Gasteiger partial charge in [-0.05, 0) is 77.0 Å². The number of allylic oxidation sites excluding steroid dienone is 10. The van der Waals surface area contributed by atoms with Gasteiger partial charge in [-0.25, -0.2) is 4.57 Å². The fourth-order valence-electron chi connectivity index (χ4n) is 5.99. The summed E-state index contributed by atoms with van der Waals surface area (Å²) in [5.41, 5.74) is 0. The smallest absolute Gasteiger partial charge is 0.457 e. The van der Waals surface area contributed by atoms with Gasteiger partial charge in [-0.15, -0.1) is 0 Å². The van der Waals surface area contributed by atoms with Crippen molar-refractivity contribution >= 4 is 13.8 Å². The summed E-state index contributed by atoms with van der Waals surface area (Å²) in [4.78, 5) is 22.6. The topological polar surface area (TPSA) is 132 Å². The van der Waals surface area contributed by atoms with Gasteiger partial charge in [-0.3, -0.25) is 13.8 Å². The fraction of sp³-hybridized carbons (Fsp3) is 0.766. The molecule has 0 aliphatic heterocycles. The number of unbranched alkanes of at least 4 members (excludes halogenated alkanes) is 19. The zero-order valence-electron chi connectivity index (χ0n) is 36.3. The minimum Gasteiger partial charge on any atom is -0.457 e. The maximum absolute atomic E-state index is 12.6. The van der Waals surface area contributed by atoms with E-state index in [4.69, 9.17) is 23.6 Å². The van der Waals surface area contributed by atoms with Gasteiger partial charge in [0.2, 0.25) is 0 Å². The Morgan fingerprint density at radius 1 is 0.561 bits per heavy atom. The summed E-state index contributed by atoms with van der Waals surface area (Å²) in [6.07, 6.45) is 50.3. The molecule has 0 aromatic carbocycles. The van der Waals surface area contributed by atoms with Crippen LogP contribution in [0.1, 0.15) is 187 Å². The lowest BCUT2D eigenvalue weighted by Gasteiger charge is -2.20. The lowest BCUT2D eigenvalue weighted by atomic mass is 10.0. The molecule has 0 heterocycles. The van der Waals surface area contributed by atoms with Crippen molar-refractivity contribution in [2.45, 2.75) is 199 Å². The van der Waals surface area contributed by atoms with Gasteiger partial charge < -0.3 is 24.6 Å². The van der Waals surface area contributed by atoms with E-state index in [1.54, 1.807) is 0 Å². The molecule has 0 saturated heterocycles. The summed E-state index contributed by atoms with van der Waals surface area (Å²) in [7, 11) is -4.52. The third-order valence-electron chi connectivity index (χ3n) is 9.44. The number of phosphoric ester groups is 1. The molecule has 0 aromatic heterocycles. The minimum absolute atomic E-state index is 0.0417. The SMILES string of the molecule is CC/C=C\C/C=C\C/C=C\C/C=C\CCCCCCCCCCCCC(=O)OC(COCCCCCCCC/C=C\CCCCC)COP(=O)(O)OCC(O)CO. The Balaban J connectivity index is 4.11. The number of hydrogen-bond acceptors (Lipinski definition) is 8. The van der Waals surface area contributed by atoms with Crippen LogP contribution in [0.4, 0.5) is 0 Å². The van der Waals surface area contributed by atoms with Crippen LogP contribution in [0.3, 0.4) is 0 Å². The van der Waals surface area contributed by atoms with Crippen molar-refractivity contribution in [2.24, 2.45) is 0 Å². The van der Waals surface area contributed by atoms with E-state index in [-0.39, 0.29) is 19.6 Å². The number of hydrogen-bond donors (Lipinski definition) is 3. The molecule has 332 valence electrons. The molecule has 0 bridgehead atoms. The lowest BCUT2D eigenvalue weighted by molar-refractivity contribution is -0.154. The van der Waals surface area contributed by atoms with E-state index in [2.05, 4.69) is 74.6 Å². The first-order chi connectivity index (χ1) is 27.8. The lowest BCUT2D eigenvalue weighted by Crippen LogP contribution is -2.29. The maximum Gasteiger partial charge on any atom is 0.472 e. The minimum atomic E-state index is -4.52. The van der Waals surface area contributed by atoms with Gasteiger partial charge in [0, 0.05) is 13.0 Å². The van der Waals surface area contributed by atoms with Crippen LogP contribution in [0.2, 0.25) is 0 Å². The maximum atomic E-state index is 12.6. The molecule has 3 unspecified atom stereocenters. The third-order valence-corrected chi connectivity index (χ3v) is 10.4. The number of aliphatic hydroxyl groups is 2. The van der Waals surface area contributed by atoms with E-state index in [1.807, 2.05) is 0 Å². The molecule has 0 amide bonds. The molecule has 0 aliphatic rings. The van der Waals surface area contributed by atoms with E-state index >= 15 is 0 Å². The highest BCUT2D eigenvalue weighted by atomic mass is 31.2. The highest BCUT2D eigenvalue weighted by Gasteiger charge is 2.26. The summed E-state index contributed by atoms with van der Waals surface area (Å²) < 4.78 is 33.4. The summed E-state index contributed by atoms with van der Waals surface area (Å²) in [6, 6.07) is 0. The number of esters is 1. The molecule has 57 heavy (non-hydrogen) atoms. The van der Waals surface area contributed by atoms with Gasteiger partial charge >= 0.3 is 13.8 Å². The number of aliphatic hydroxyl groups excluding tert-OH is 2. The monoisotopic (exact) mass is 825 g/mol. The average molecular weight is 825 g/mol. The molecule has 3 N–H and O–H groups in total. The molecular formula is C47H85O9P. The summed E-state index contributed by atoms with van der Waals surface area (Å²) >= 11 is 0. The first-order valence-electron chi connectivity index (χ1n) is 22.8. The van der Waals surface area contributed by atoms with E-state index in [9.17, 15) is 19.4 Å². The third kappa shape index (κ3) is 43.6. The highest BCUT2D eigenvalue weighted by molar-refractivity contribution is 7.47. The molecule has 10 heteroatoms. The number of rotatable bonds is 43. The predicted octanol–water partition coefficient (Wildman–Crippen LogP) is 12.8. The van der Waals surface area contributed by atoms with Gasteiger partial charge in [0.05, 0.1) is 26.4 Å². The van der Waals surface area contributed by atoms with Crippen molar-refractivity contribution in [3.05, 3.63) is 60.8 Å². The Hall–Kier alpha value is -1.84. The van der Waals surface area contributed by atoms with Gasteiger partial charge in [0.1, 0.15) is 12.2 Å². The van der Waals surface area contributed by atoms with Crippen molar-refractivity contribution in [2.75, 3.05) is 33.0 Å². The van der Waals surface area contributed by atoms with Gasteiger partial charge in [0.15, 0.2) is 0 Å². The number of ether oxygens (including phenoxy) is 2. The van der Waals surface area contributed by atoms with Gasteiger partial charge in [0.25, 0.3) is 0 Å². The zero-order chi connectivity index (χ0) is 41.8. The second-order valence-corrected chi connectivity index (χ2v) is 16.5. The molecule has 0 fully saturated rings. The van der Waals surface area contributed by atoms with Gasteiger partial charge in [-0.2, -0.15) is 0 Å². The molecule has 3 atom stereocenters. The van der Waals surface area contributed by atoms with E-state index in [1.165, 1.54) is 83.5 Å². The van der Waals surface area contributed by atoms with Crippen LogP contribution < -0.4 is 0 Å². The molecule has 9 nitrogen and oxygen atoms in total.